The molecule has 2 heterocycles. The Morgan fingerprint density at radius 3 is 2.20 bits per heavy atom. The van der Waals surface area contributed by atoms with Crippen LogP contribution in [-0.2, 0) is 27.5 Å². The number of carboxylic acid groups (broad SMARTS) is 1. The summed E-state index contributed by atoms with van der Waals surface area (Å²) in [5, 5.41) is 12.1. The highest BCUT2D eigenvalue weighted by Gasteiger charge is 2.31. The topological polar surface area (TPSA) is 107 Å². The summed E-state index contributed by atoms with van der Waals surface area (Å²) < 4.78 is 24.1. The number of hydrogen-bond acceptors (Lipinski definition) is 5. The van der Waals surface area contributed by atoms with Crippen LogP contribution in [0, 0.1) is 0 Å². The Kier molecular flexibility index (Phi) is 5.48. The first-order chi connectivity index (χ1) is 14.3. The molecule has 2 aromatic rings. The van der Waals surface area contributed by atoms with Crippen molar-refractivity contribution in [3.8, 4) is 0 Å². The number of hydrogen-bond donors (Lipinski definition) is 2. The molecule has 0 spiro atoms. The average molecular weight is 429 g/mol. The van der Waals surface area contributed by atoms with Crippen LogP contribution < -0.4 is 15.1 Å². The number of carboxylic acids is 1. The van der Waals surface area contributed by atoms with E-state index in [-0.39, 0.29) is 10.9 Å². The van der Waals surface area contributed by atoms with Gasteiger partial charge in [-0.25, -0.2) is 13.2 Å². The zero-order valence-corrected chi connectivity index (χ0v) is 17.2. The average Bonchev–Trinajstić information content (AvgIpc) is 2.93. The minimum atomic E-state index is -3.90. The number of aliphatic carboxylic acids is 1. The third kappa shape index (κ3) is 4.03. The van der Waals surface area contributed by atoms with Crippen LogP contribution in [0.1, 0.15) is 11.1 Å². The van der Waals surface area contributed by atoms with Gasteiger partial charge in [-0.3, -0.25) is 14.6 Å². The van der Waals surface area contributed by atoms with Gasteiger partial charge in [0.2, 0.25) is 0 Å². The van der Waals surface area contributed by atoms with Crippen molar-refractivity contribution in [1.29, 1.82) is 0 Å². The minimum Gasteiger partial charge on any atom is -0.480 e. The zero-order chi connectivity index (χ0) is 21.3. The van der Waals surface area contributed by atoms with E-state index in [4.69, 9.17) is 5.11 Å². The molecule has 2 N–H and O–H groups in total. The second-order valence-electron chi connectivity index (χ2n) is 7.44. The molecule has 0 saturated carbocycles. The second kappa shape index (κ2) is 8.08. The lowest BCUT2D eigenvalue weighted by Gasteiger charge is -2.20. The maximum absolute atomic E-state index is 13.0. The van der Waals surface area contributed by atoms with Gasteiger partial charge < -0.3 is 10.4 Å². The maximum atomic E-state index is 13.0. The molecule has 158 valence electrons. The Labute approximate surface area is 175 Å². The summed E-state index contributed by atoms with van der Waals surface area (Å²) in [5.74, 6) is -2.36. The molecule has 2 amide bonds. The summed E-state index contributed by atoms with van der Waals surface area (Å²) in [5.41, 5.74) is 4.02. The van der Waals surface area contributed by atoms with Gasteiger partial charge in [-0.15, -0.1) is 0 Å². The summed E-state index contributed by atoms with van der Waals surface area (Å²) in [6, 6.07) is 11.8. The smallest absolute Gasteiger partial charge is 0.329 e. The molecule has 2 aromatic carbocycles. The fourth-order valence-corrected chi connectivity index (χ4v) is 4.97. The number of nitrogens with one attached hydrogen (secondary N) is 1. The Balaban J connectivity index is 1.52. The molecular weight excluding hydrogens is 406 g/mol. The number of carbonyl (C=O) groups excluding carboxylic acids is 1. The van der Waals surface area contributed by atoms with Crippen LogP contribution >= 0.6 is 0 Å². The van der Waals surface area contributed by atoms with Gasteiger partial charge in [-0.2, -0.15) is 0 Å². The van der Waals surface area contributed by atoms with Crippen LogP contribution in [0.5, 0.6) is 0 Å². The molecule has 0 aromatic heterocycles. The third-order valence-corrected chi connectivity index (χ3v) is 7.09. The van der Waals surface area contributed by atoms with Crippen molar-refractivity contribution in [2.75, 3.05) is 41.7 Å². The number of carbonyl (C=O) groups is 2. The zero-order valence-electron chi connectivity index (χ0n) is 16.4. The Hall–Kier alpha value is -2.91. The summed E-state index contributed by atoms with van der Waals surface area (Å²) >= 11 is 0. The first-order valence-corrected chi connectivity index (χ1v) is 11.5. The van der Waals surface area contributed by atoms with Gasteiger partial charge in [0.25, 0.3) is 0 Å². The summed E-state index contributed by atoms with van der Waals surface area (Å²) in [4.78, 5) is 27.0. The highest BCUT2D eigenvalue weighted by molar-refractivity contribution is 7.92. The van der Waals surface area contributed by atoms with Crippen LogP contribution in [0.4, 0.5) is 16.2 Å². The summed E-state index contributed by atoms with van der Waals surface area (Å²) in [6.45, 7) is 2.90. The molecule has 0 atom stereocenters. The molecule has 4 rings (SSSR count). The molecule has 9 heteroatoms. The first kappa shape index (κ1) is 20.4. The van der Waals surface area contributed by atoms with Crippen LogP contribution in [0.2, 0.25) is 0 Å². The fourth-order valence-electron chi connectivity index (χ4n) is 3.92. The van der Waals surface area contributed by atoms with E-state index < -0.39 is 21.6 Å². The SMILES string of the molecule is O=C(O)CS(=O)(=O)c1ccc(N2CCN(c3ccc4c(c3)CCNCC4)C2=O)cc1. The van der Waals surface area contributed by atoms with E-state index in [1.54, 1.807) is 21.9 Å². The number of amides is 2. The van der Waals surface area contributed by atoms with Crippen molar-refractivity contribution in [1.82, 2.24) is 5.32 Å². The largest absolute Gasteiger partial charge is 0.480 e. The molecule has 0 unspecified atom stereocenters. The number of benzene rings is 2. The van der Waals surface area contributed by atoms with Crippen molar-refractivity contribution < 1.29 is 23.1 Å². The van der Waals surface area contributed by atoms with Crippen molar-refractivity contribution in [3.63, 3.8) is 0 Å². The van der Waals surface area contributed by atoms with Crippen LogP contribution in [0.25, 0.3) is 0 Å². The summed E-state index contributed by atoms with van der Waals surface area (Å²) in [6.07, 6.45) is 1.91. The number of anilines is 2. The van der Waals surface area contributed by atoms with E-state index in [0.29, 0.717) is 18.8 Å². The van der Waals surface area contributed by atoms with Crippen LogP contribution in [0.3, 0.4) is 0 Å². The predicted octanol–water partition coefficient (Wildman–Crippen LogP) is 1.68. The molecule has 0 bridgehead atoms. The van der Waals surface area contributed by atoms with Crippen LogP contribution in [-0.4, -0.2) is 57.5 Å². The number of sulfone groups is 1. The molecule has 1 fully saturated rings. The van der Waals surface area contributed by atoms with E-state index in [1.807, 2.05) is 6.07 Å². The number of urea groups is 1. The number of fused-ring (bicyclic) bond motifs is 1. The molecule has 1 saturated heterocycles. The standard InChI is InChI=1S/C21H23N3O5S/c25-20(26)14-30(28,29)19-5-3-17(4-6-19)23-11-12-24(21(23)27)18-2-1-15-7-9-22-10-8-16(15)13-18/h1-6,13,22H,7-12,14H2,(H,25,26). The molecule has 0 aliphatic carbocycles. The molecule has 2 aliphatic rings. The van der Waals surface area contributed by atoms with Crippen LogP contribution in [0.15, 0.2) is 47.4 Å². The van der Waals surface area contributed by atoms with Crippen molar-refractivity contribution in [2.24, 2.45) is 0 Å². The quantitative estimate of drug-likeness (QED) is 0.749. The van der Waals surface area contributed by atoms with Crippen molar-refractivity contribution in [3.05, 3.63) is 53.6 Å². The van der Waals surface area contributed by atoms with E-state index >= 15 is 0 Å². The van der Waals surface area contributed by atoms with Crippen molar-refractivity contribution in [2.45, 2.75) is 17.7 Å². The number of rotatable bonds is 5. The lowest BCUT2D eigenvalue weighted by molar-refractivity contribution is -0.134. The van der Waals surface area contributed by atoms with E-state index in [0.717, 1.165) is 31.6 Å². The van der Waals surface area contributed by atoms with Gasteiger partial charge in [0.15, 0.2) is 15.6 Å². The molecule has 8 nitrogen and oxygen atoms in total. The normalized spacial score (nSPS) is 17.0. The van der Waals surface area contributed by atoms with Gasteiger partial charge in [0.1, 0.15) is 0 Å². The lowest BCUT2D eigenvalue weighted by Crippen LogP contribution is -2.31. The van der Waals surface area contributed by atoms with Gasteiger partial charge >= 0.3 is 12.0 Å². The third-order valence-electron chi connectivity index (χ3n) is 5.47. The molecule has 2 aliphatic heterocycles. The van der Waals surface area contributed by atoms with Crippen molar-refractivity contribution >= 4 is 33.2 Å². The Bertz CT molecular complexity index is 1080. The summed E-state index contributed by atoms with van der Waals surface area (Å²) in [7, 11) is -3.90. The fraction of sp³-hybridized carbons (Fsp3) is 0.333. The monoisotopic (exact) mass is 429 g/mol. The molecule has 30 heavy (non-hydrogen) atoms. The molecular formula is C21H23N3O5S. The Morgan fingerprint density at radius 2 is 1.53 bits per heavy atom. The number of nitrogens with zero attached hydrogens (tertiary/aromatic N) is 2. The van der Waals surface area contributed by atoms with E-state index in [2.05, 4.69) is 17.4 Å². The van der Waals surface area contributed by atoms with Gasteiger partial charge in [0, 0.05) is 24.5 Å². The Morgan fingerprint density at radius 1 is 0.933 bits per heavy atom. The highest BCUT2D eigenvalue weighted by Crippen LogP contribution is 2.28. The lowest BCUT2D eigenvalue weighted by atomic mass is 10.0. The maximum Gasteiger partial charge on any atom is 0.329 e. The second-order valence-corrected chi connectivity index (χ2v) is 9.43. The van der Waals surface area contributed by atoms with Gasteiger partial charge in [-0.05, 0) is 73.5 Å². The highest BCUT2D eigenvalue weighted by atomic mass is 32.2. The molecule has 0 radical (unpaired) electrons. The minimum absolute atomic E-state index is 0.0727. The predicted molar refractivity (Wildman–Crippen MR) is 113 cm³/mol. The van der Waals surface area contributed by atoms with E-state index in [1.165, 1.54) is 23.3 Å². The first-order valence-electron chi connectivity index (χ1n) is 9.81. The van der Waals surface area contributed by atoms with Gasteiger partial charge in [-0.1, -0.05) is 6.07 Å². The van der Waals surface area contributed by atoms with E-state index in [9.17, 15) is 18.0 Å². The van der Waals surface area contributed by atoms with Gasteiger partial charge in [0.05, 0.1) is 4.90 Å².